The Hall–Kier alpha value is -3.65. The van der Waals surface area contributed by atoms with Crippen molar-refractivity contribution in [3.05, 3.63) is 97.2 Å². The molecule has 2 heteroatoms. The first-order chi connectivity index (χ1) is 13.4. The predicted octanol–water partition coefficient (Wildman–Crippen LogP) is 6.84. The van der Waals surface area contributed by atoms with E-state index in [-0.39, 0.29) is 0 Å². The van der Waals surface area contributed by atoms with Crippen LogP contribution in [-0.4, -0.2) is 4.98 Å². The first-order valence-electron chi connectivity index (χ1n) is 9.17. The number of fused-ring (bicyclic) bond motifs is 4. The molecule has 0 fully saturated rings. The highest BCUT2D eigenvalue weighted by Crippen LogP contribution is 2.51. The van der Waals surface area contributed by atoms with Gasteiger partial charge in [0.25, 0.3) is 0 Å². The number of hydrogen-bond donors (Lipinski definition) is 0. The minimum Gasteiger partial charge on any atom is -0.294 e. The lowest BCUT2D eigenvalue weighted by atomic mass is 9.89. The van der Waals surface area contributed by atoms with E-state index in [9.17, 15) is 0 Å². The summed E-state index contributed by atoms with van der Waals surface area (Å²) < 4.78 is 0. The quantitative estimate of drug-likeness (QED) is 0.304. The lowest BCUT2D eigenvalue weighted by molar-refractivity contribution is 1.18. The van der Waals surface area contributed by atoms with Crippen molar-refractivity contribution in [2.45, 2.75) is 0 Å². The molecule has 0 aliphatic carbocycles. The van der Waals surface area contributed by atoms with Crippen molar-refractivity contribution in [2.24, 2.45) is 0 Å². The largest absolute Gasteiger partial charge is 0.294 e. The van der Waals surface area contributed by atoms with Gasteiger partial charge in [0.15, 0.2) is 0 Å². The van der Waals surface area contributed by atoms with Crippen molar-refractivity contribution in [1.82, 2.24) is 4.98 Å². The van der Waals surface area contributed by atoms with E-state index in [1.807, 2.05) is 18.3 Å². The van der Waals surface area contributed by atoms with E-state index in [4.69, 9.17) is 0 Å². The third kappa shape index (κ3) is 1.98. The molecule has 0 bridgehead atoms. The zero-order chi connectivity index (χ0) is 17.8. The summed E-state index contributed by atoms with van der Waals surface area (Å²) in [6.45, 7) is 0. The Bertz CT molecular complexity index is 1320. The molecule has 0 atom stereocenters. The second-order valence-corrected chi connectivity index (χ2v) is 6.89. The Balaban J connectivity index is 1.84. The molecule has 0 N–H and O–H groups in total. The van der Waals surface area contributed by atoms with Crippen LogP contribution in [-0.2, 0) is 0 Å². The van der Waals surface area contributed by atoms with Crippen LogP contribution in [0.1, 0.15) is 0 Å². The molecule has 0 saturated carbocycles. The number of benzene rings is 4. The second kappa shape index (κ2) is 5.42. The van der Waals surface area contributed by atoms with Crippen LogP contribution < -0.4 is 4.90 Å². The lowest BCUT2D eigenvalue weighted by Gasteiger charge is -2.33. The number of rotatable bonds is 1. The van der Waals surface area contributed by atoms with E-state index in [0.717, 1.165) is 5.82 Å². The van der Waals surface area contributed by atoms with Crippen molar-refractivity contribution in [1.29, 1.82) is 0 Å². The molecule has 1 aliphatic heterocycles. The maximum absolute atomic E-state index is 4.67. The molecule has 4 aromatic carbocycles. The fraction of sp³-hybridized carbons (Fsp3) is 0. The molecule has 5 aromatic rings. The smallest absolute Gasteiger partial charge is 0.137 e. The Morgan fingerprint density at radius 2 is 1.37 bits per heavy atom. The summed E-state index contributed by atoms with van der Waals surface area (Å²) in [5.74, 6) is 0.941. The topological polar surface area (TPSA) is 16.1 Å². The van der Waals surface area contributed by atoms with Gasteiger partial charge in [0.1, 0.15) is 5.82 Å². The minimum atomic E-state index is 0.941. The van der Waals surface area contributed by atoms with Crippen LogP contribution in [0.15, 0.2) is 97.2 Å². The molecule has 2 heterocycles. The predicted molar refractivity (Wildman–Crippen MR) is 113 cm³/mol. The van der Waals surface area contributed by atoms with E-state index in [1.54, 1.807) is 0 Å². The SMILES string of the molecule is c1ccc(N2c3ccccc3-c3cccc4c3c2cc2ccccc24)nc1. The maximum atomic E-state index is 4.67. The van der Waals surface area contributed by atoms with Gasteiger partial charge in [0.05, 0.1) is 11.4 Å². The Kier molecular flexibility index (Phi) is 2.91. The Morgan fingerprint density at radius 1 is 0.593 bits per heavy atom. The molecule has 27 heavy (non-hydrogen) atoms. The highest BCUT2D eigenvalue weighted by atomic mass is 15.2. The first kappa shape index (κ1) is 14.5. The molecule has 126 valence electrons. The summed E-state index contributed by atoms with van der Waals surface area (Å²) in [7, 11) is 0. The van der Waals surface area contributed by atoms with Gasteiger partial charge in [-0.25, -0.2) is 4.98 Å². The van der Waals surface area contributed by atoms with E-state index in [1.165, 1.54) is 44.0 Å². The first-order valence-corrected chi connectivity index (χ1v) is 9.17. The monoisotopic (exact) mass is 344 g/mol. The molecule has 0 spiro atoms. The number of para-hydroxylation sites is 1. The summed E-state index contributed by atoms with van der Waals surface area (Å²) in [6.07, 6.45) is 1.86. The molecule has 0 amide bonds. The molecule has 6 rings (SSSR count). The van der Waals surface area contributed by atoms with E-state index in [0.29, 0.717) is 0 Å². The number of hydrogen-bond acceptors (Lipinski definition) is 2. The van der Waals surface area contributed by atoms with Gasteiger partial charge < -0.3 is 0 Å². The molecule has 2 nitrogen and oxygen atoms in total. The molecule has 0 radical (unpaired) electrons. The van der Waals surface area contributed by atoms with E-state index < -0.39 is 0 Å². The molecular weight excluding hydrogens is 328 g/mol. The summed E-state index contributed by atoms with van der Waals surface area (Å²) in [5.41, 5.74) is 4.90. The average Bonchev–Trinajstić information content (AvgIpc) is 2.75. The van der Waals surface area contributed by atoms with Crippen molar-refractivity contribution in [3.8, 4) is 11.1 Å². The van der Waals surface area contributed by atoms with Gasteiger partial charge in [-0.2, -0.15) is 0 Å². The van der Waals surface area contributed by atoms with Gasteiger partial charge in [-0.05, 0) is 46.0 Å². The number of pyridine rings is 1. The fourth-order valence-corrected chi connectivity index (χ4v) is 4.30. The summed E-state index contributed by atoms with van der Waals surface area (Å²) in [6, 6.07) is 32.2. The second-order valence-electron chi connectivity index (χ2n) is 6.89. The molecule has 0 unspecified atom stereocenters. The molecule has 1 aromatic heterocycles. The van der Waals surface area contributed by atoms with Crippen LogP contribution >= 0.6 is 0 Å². The number of aromatic nitrogens is 1. The van der Waals surface area contributed by atoms with Gasteiger partial charge in [-0.15, -0.1) is 0 Å². The van der Waals surface area contributed by atoms with Crippen LogP contribution in [0.3, 0.4) is 0 Å². The third-order valence-electron chi connectivity index (χ3n) is 5.42. The summed E-state index contributed by atoms with van der Waals surface area (Å²) in [5, 5.41) is 5.12. The normalized spacial score (nSPS) is 12.4. The van der Waals surface area contributed by atoms with Crippen LogP contribution in [0.5, 0.6) is 0 Å². The summed E-state index contributed by atoms with van der Waals surface area (Å²) in [4.78, 5) is 6.96. The average molecular weight is 344 g/mol. The van der Waals surface area contributed by atoms with Crippen LogP contribution in [0, 0.1) is 0 Å². The van der Waals surface area contributed by atoms with Gasteiger partial charge in [-0.3, -0.25) is 4.90 Å². The highest BCUT2D eigenvalue weighted by molar-refractivity contribution is 6.22. The molecule has 1 aliphatic rings. The number of nitrogens with zero attached hydrogens (tertiary/aromatic N) is 2. The van der Waals surface area contributed by atoms with Crippen molar-refractivity contribution < 1.29 is 0 Å². The maximum Gasteiger partial charge on any atom is 0.137 e. The zero-order valence-electron chi connectivity index (χ0n) is 14.6. The summed E-state index contributed by atoms with van der Waals surface area (Å²) >= 11 is 0. The van der Waals surface area contributed by atoms with Gasteiger partial charge in [0, 0.05) is 17.1 Å². The van der Waals surface area contributed by atoms with Crippen molar-refractivity contribution >= 4 is 38.7 Å². The van der Waals surface area contributed by atoms with Crippen LogP contribution in [0.2, 0.25) is 0 Å². The van der Waals surface area contributed by atoms with Gasteiger partial charge >= 0.3 is 0 Å². The van der Waals surface area contributed by atoms with E-state index in [2.05, 4.69) is 88.7 Å². The Morgan fingerprint density at radius 3 is 2.30 bits per heavy atom. The Labute approximate surface area is 157 Å². The van der Waals surface area contributed by atoms with Crippen molar-refractivity contribution in [3.63, 3.8) is 0 Å². The molecular formula is C25H16N2. The third-order valence-corrected chi connectivity index (χ3v) is 5.42. The van der Waals surface area contributed by atoms with Crippen LogP contribution in [0.25, 0.3) is 32.7 Å². The van der Waals surface area contributed by atoms with Crippen LogP contribution in [0.4, 0.5) is 17.2 Å². The standard InChI is InChI=1S/C25H16N2/c1-2-9-18-17(8-1)16-23-25-20(18)11-7-12-21(25)19-10-3-4-13-22(19)27(23)24-14-5-6-15-26-24/h1-16H. The van der Waals surface area contributed by atoms with Gasteiger partial charge in [0.2, 0.25) is 0 Å². The van der Waals surface area contributed by atoms with Gasteiger partial charge in [-0.1, -0.05) is 66.7 Å². The zero-order valence-corrected chi connectivity index (χ0v) is 14.6. The minimum absolute atomic E-state index is 0.941. The van der Waals surface area contributed by atoms with E-state index >= 15 is 0 Å². The van der Waals surface area contributed by atoms with Crippen molar-refractivity contribution in [2.75, 3.05) is 4.90 Å². The fourth-order valence-electron chi connectivity index (χ4n) is 4.30. The molecule has 0 saturated heterocycles. The lowest BCUT2D eigenvalue weighted by Crippen LogP contribution is -2.16. The number of anilines is 3. The highest BCUT2D eigenvalue weighted by Gasteiger charge is 2.26.